The maximum Gasteiger partial charge on any atom is 0.336 e. The van der Waals surface area contributed by atoms with Crippen LogP contribution < -0.4 is 10.1 Å². The Morgan fingerprint density at radius 2 is 1.86 bits per heavy atom. The number of benzene rings is 1. The van der Waals surface area contributed by atoms with E-state index in [4.69, 9.17) is 23.7 Å². The van der Waals surface area contributed by atoms with Crippen LogP contribution in [0.1, 0.15) is 53.4 Å². The zero-order valence-electron chi connectivity index (χ0n) is 25.0. The van der Waals surface area contributed by atoms with Gasteiger partial charge < -0.3 is 29.0 Å². The largest absolute Gasteiger partial charge is 0.497 e. The van der Waals surface area contributed by atoms with E-state index in [0.29, 0.717) is 43.5 Å². The lowest BCUT2D eigenvalue weighted by molar-refractivity contribution is -0.197. The van der Waals surface area contributed by atoms with Crippen molar-refractivity contribution in [2.24, 2.45) is 22.7 Å². The molecule has 0 unspecified atom stereocenters. The van der Waals surface area contributed by atoms with Crippen molar-refractivity contribution in [3.63, 3.8) is 0 Å². The minimum Gasteiger partial charge on any atom is -0.497 e. The molecule has 1 heterocycles. The molecule has 228 valence electrons. The van der Waals surface area contributed by atoms with Crippen LogP contribution in [0.3, 0.4) is 0 Å². The summed E-state index contributed by atoms with van der Waals surface area (Å²) in [6.45, 7) is 11.9. The highest BCUT2D eigenvalue weighted by molar-refractivity contribution is 5.92. The van der Waals surface area contributed by atoms with Crippen LogP contribution in [-0.2, 0) is 38.1 Å². The fraction of sp³-hybridized carbons (Fsp3) is 0.562. The molecular formula is C32H41NO9. The number of hydrogen-bond donors (Lipinski definition) is 1. The Morgan fingerprint density at radius 3 is 2.43 bits per heavy atom. The number of anilines is 1. The molecule has 2 saturated carbocycles. The molecule has 2 aliphatic carbocycles. The third-order valence-electron chi connectivity index (χ3n) is 9.49. The van der Waals surface area contributed by atoms with Crippen LogP contribution >= 0.6 is 0 Å². The predicted octanol–water partition coefficient (Wildman–Crippen LogP) is 4.38. The lowest BCUT2D eigenvalue weighted by Gasteiger charge is -2.61. The summed E-state index contributed by atoms with van der Waals surface area (Å²) >= 11 is 0. The van der Waals surface area contributed by atoms with Crippen LogP contribution in [0.2, 0.25) is 0 Å². The van der Waals surface area contributed by atoms with Gasteiger partial charge in [-0.15, -0.1) is 0 Å². The maximum atomic E-state index is 12.8. The summed E-state index contributed by atoms with van der Waals surface area (Å²) in [6.07, 6.45) is 2.80. The minimum atomic E-state index is -0.763. The molecule has 0 radical (unpaired) electrons. The van der Waals surface area contributed by atoms with Gasteiger partial charge in [0.1, 0.15) is 31.2 Å². The molecule has 10 nitrogen and oxygen atoms in total. The number of esters is 3. The number of ether oxygens (including phenoxy) is 5. The summed E-state index contributed by atoms with van der Waals surface area (Å²) in [6, 6.07) is 7.00. The zero-order valence-corrected chi connectivity index (χ0v) is 25.0. The molecule has 0 spiro atoms. The van der Waals surface area contributed by atoms with Crippen molar-refractivity contribution < 1.29 is 42.9 Å². The van der Waals surface area contributed by atoms with Crippen molar-refractivity contribution in [2.45, 2.75) is 71.6 Å². The Kier molecular flexibility index (Phi) is 9.33. The molecule has 0 amide bonds. The zero-order chi connectivity index (χ0) is 30.7. The van der Waals surface area contributed by atoms with E-state index in [1.807, 2.05) is 31.2 Å². The van der Waals surface area contributed by atoms with Crippen molar-refractivity contribution in [3.05, 3.63) is 48.1 Å². The van der Waals surface area contributed by atoms with Crippen LogP contribution in [0.4, 0.5) is 5.69 Å². The summed E-state index contributed by atoms with van der Waals surface area (Å²) in [5.41, 5.74) is 0.898. The van der Waals surface area contributed by atoms with Gasteiger partial charge in [0.2, 0.25) is 0 Å². The Bertz CT molecular complexity index is 1240. The van der Waals surface area contributed by atoms with Gasteiger partial charge in [-0.1, -0.05) is 20.4 Å². The molecule has 0 saturated heterocycles. The average molecular weight is 584 g/mol. The van der Waals surface area contributed by atoms with Crippen LogP contribution in [0.5, 0.6) is 5.75 Å². The molecule has 1 aromatic carbocycles. The highest BCUT2D eigenvalue weighted by Crippen LogP contribution is 2.63. The summed E-state index contributed by atoms with van der Waals surface area (Å²) in [4.78, 5) is 48.5. The Labute approximate surface area is 246 Å². The van der Waals surface area contributed by atoms with Crippen molar-refractivity contribution >= 4 is 30.1 Å². The topological polar surface area (TPSA) is 126 Å². The number of carbonyl (C=O) groups is 4. The van der Waals surface area contributed by atoms with Gasteiger partial charge in [0, 0.05) is 24.9 Å². The maximum absolute atomic E-state index is 12.8. The third-order valence-corrected chi connectivity index (χ3v) is 9.49. The molecule has 10 heteroatoms. The normalized spacial score (nSPS) is 31.1. The first-order chi connectivity index (χ1) is 19.9. The monoisotopic (exact) mass is 583 g/mol. The Balaban J connectivity index is 1.76. The summed E-state index contributed by atoms with van der Waals surface area (Å²) in [7, 11) is 1.60. The van der Waals surface area contributed by atoms with Crippen LogP contribution in [0, 0.1) is 22.7 Å². The second-order valence-corrected chi connectivity index (χ2v) is 12.0. The van der Waals surface area contributed by atoms with Gasteiger partial charge in [-0.2, -0.15) is 0 Å². The molecule has 42 heavy (non-hydrogen) atoms. The minimum absolute atomic E-state index is 0.0334. The van der Waals surface area contributed by atoms with Crippen molar-refractivity contribution in [1.29, 1.82) is 0 Å². The van der Waals surface area contributed by atoms with Gasteiger partial charge in [0.25, 0.3) is 6.47 Å². The van der Waals surface area contributed by atoms with E-state index in [0.717, 1.165) is 11.3 Å². The van der Waals surface area contributed by atoms with Gasteiger partial charge in [-0.25, -0.2) is 4.79 Å². The standard InChI is InChI=1S/C32H41NO9/c1-19-25(15-26(24-12-14-40-30(24)37)33-22-7-9-23(38-6)10-8-22)31(4)13-11-29(42-21(3)36)32(5,17-39-18-34)28(31)16-27(19)41-20(2)35/h7-10,12,18,25-29,33H,1,11,13-17H2,2-6H3/t25-,26-,27+,28+,29-,31+,32+/m1/s1. The number of fused-ring (bicyclic) bond motifs is 1. The molecule has 0 bridgehead atoms. The molecule has 3 aliphatic rings. The second kappa shape index (κ2) is 12.6. The van der Waals surface area contributed by atoms with Crippen molar-refractivity contribution in [3.8, 4) is 5.75 Å². The number of cyclic esters (lactones) is 1. The van der Waals surface area contributed by atoms with Gasteiger partial charge >= 0.3 is 17.9 Å². The van der Waals surface area contributed by atoms with Gasteiger partial charge in [0.15, 0.2) is 0 Å². The predicted molar refractivity (Wildman–Crippen MR) is 153 cm³/mol. The van der Waals surface area contributed by atoms with Crippen molar-refractivity contribution in [2.75, 3.05) is 25.6 Å². The molecule has 7 atom stereocenters. The molecule has 0 aromatic heterocycles. The highest BCUT2D eigenvalue weighted by atomic mass is 16.6. The Hall–Kier alpha value is -3.82. The average Bonchev–Trinajstić information content (AvgIpc) is 3.38. The van der Waals surface area contributed by atoms with Crippen LogP contribution in [0.25, 0.3) is 0 Å². The first-order valence-electron chi connectivity index (χ1n) is 14.3. The van der Waals surface area contributed by atoms with E-state index in [9.17, 15) is 19.2 Å². The van der Waals surface area contributed by atoms with E-state index in [-0.39, 0.29) is 31.0 Å². The lowest BCUT2D eigenvalue weighted by Crippen LogP contribution is -2.61. The lowest BCUT2D eigenvalue weighted by atomic mass is 9.45. The smallest absolute Gasteiger partial charge is 0.336 e. The summed E-state index contributed by atoms with van der Waals surface area (Å²) < 4.78 is 27.5. The van der Waals surface area contributed by atoms with E-state index in [1.165, 1.54) is 13.8 Å². The fourth-order valence-electron chi connectivity index (χ4n) is 7.48. The van der Waals surface area contributed by atoms with Crippen LogP contribution in [-0.4, -0.2) is 63.0 Å². The number of methoxy groups -OCH3 is 1. The molecule has 4 rings (SSSR count). The van der Waals surface area contributed by atoms with E-state index < -0.39 is 41.0 Å². The van der Waals surface area contributed by atoms with Gasteiger partial charge in [0.05, 0.1) is 18.7 Å². The first kappa shape index (κ1) is 31.1. The van der Waals surface area contributed by atoms with Gasteiger partial charge in [-0.3, -0.25) is 14.4 Å². The third kappa shape index (κ3) is 6.17. The quantitative estimate of drug-likeness (QED) is 0.174. The van der Waals surface area contributed by atoms with E-state index >= 15 is 0 Å². The van der Waals surface area contributed by atoms with E-state index in [2.05, 4.69) is 18.8 Å². The first-order valence-corrected chi connectivity index (χ1v) is 14.3. The number of carbonyl (C=O) groups excluding carboxylic acids is 4. The number of nitrogens with one attached hydrogen (secondary N) is 1. The summed E-state index contributed by atoms with van der Waals surface area (Å²) in [5, 5.41) is 3.51. The molecule has 1 N–H and O–H groups in total. The molecular weight excluding hydrogens is 542 g/mol. The second-order valence-electron chi connectivity index (χ2n) is 12.0. The highest BCUT2D eigenvalue weighted by Gasteiger charge is 2.62. The Morgan fingerprint density at radius 1 is 1.17 bits per heavy atom. The van der Waals surface area contributed by atoms with E-state index in [1.54, 1.807) is 13.2 Å². The summed E-state index contributed by atoms with van der Waals surface area (Å²) in [5.74, 6) is -0.934. The number of hydrogen-bond acceptors (Lipinski definition) is 10. The number of rotatable bonds is 11. The van der Waals surface area contributed by atoms with Crippen LogP contribution in [0.15, 0.2) is 48.1 Å². The fourth-order valence-corrected chi connectivity index (χ4v) is 7.48. The van der Waals surface area contributed by atoms with Crippen molar-refractivity contribution in [1.82, 2.24) is 0 Å². The molecule has 1 aromatic rings. The SMILES string of the molecule is C=C1[C@@H](OC(C)=O)C[C@@H]2[C@](C)(COC=O)[C@H](OC(C)=O)CC[C@@]2(C)[C@@H]1C[C@@H](Nc1ccc(OC)cc1)C1=CCOC1=O. The van der Waals surface area contributed by atoms with Gasteiger partial charge in [-0.05, 0) is 78.8 Å². The molecule has 2 fully saturated rings. The molecule has 1 aliphatic heterocycles.